The molecule has 1 amide bonds. The van der Waals surface area contributed by atoms with Crippen LogP contribution in [0.25, 0.3) is 0 Å². The molecule has 0 aliphatic carbocycles. The zero-order valence-electron chi connectivity index (χ0n) is 9.81. The van der Waals surface area contributed by atoms with Crippen LogP contribution < -0.4 is 11.1 Å². The van der Waals surface area contributed by atoms with Gasteiger partial charge in [-0.25, -0.2) is 9.97 Å². The molecule has 0 aliphatic heterocycles. The second-order valence-corrected chi connectivity index (χ2v) is 4.07. The largest absolute Gasteiger partial charge is 0.396 e. The molecule has 0 unspecified atom stereocenters. The van der Waals surface area contributed by atoms with Crippen molar-refractivity contribution in [1.82, 2.24) is 19.7 Å². The van der Waals surface area contributed by atoms with Gasteiger partial charge in [-0.3, -0.25) is 14.8 Å². The Hall–Kier alpha value is -2.15. The van der Waals surface area contributed by atoms with Gasteiger partial charge in [-0.1, -0.05) is 11.6 Å². The number of aryl methyl sites for hydroxylation is 2. The standard InChI is InChI=1S/C10H11ClN6O/c1-5-3-7(11)15-10(14-5)16-9(18)8-6(12)4-13-17(8)2/h3-4H,12H2,1-2H3,(H,14,15,16,18). The molecule has 2 rings (SSSR count). The highest BCUT2D eigenvalue weighted by Crippen LogP contribution is 2.13. The molecule has 0 aliphatic rings. The lowest BCUT2D eigenvalue weighted by Crippen LogP contribution is -2.19. The molecule has 2 aromatic rings. The number of hydrogen-bond donors (Lipinski definition) is 2. The van der Waals surface area contributed by atoms with Gasteiger partial charge in [0, 0.05) is 12.7 Å². The SMILES string of the molecule is Cc1cc(Cl)nc(NC(=O)c2c(N)cnn2C)n1. The molecule has 2 aromatic heterocycles. The summed E-state index contributed by atoms with van der Waals surface area (Å²) in [6.45, 7) is 1.75. The van der Waals surface area contributed by atoms with Gasteiger partial charge in [-0.05, 0) is 13.0 Å². The lowest BCUT2D eigenvalue weighted by molar-refractivity contribution is 0.101. The first-order chi connectivity index (χ1) is 8.47. The van der Waals surface area contributed by atoms with Gasteiger partial charge in [0.2, 0.25) is 5.95 Å². The lowest BCUT2D eigenvalue weighted by atomic mass is 10.3. The first-order valence-electron chi connectivity index (χ1n) is 5.07. The fourth-order valence-electron chi connectivity index (χ4n) is 1.48. The number of anilines is 2. The number of carbonyl (C=O) groups excluding carboxylic acids is 1. The maximum Gasteiger partial charge on any atom is 0.278 e. The van der Waals surface area contributed by atoms with Crippen molar-refractivity contribution in [2.45, 2.75) is 6.92 Å². The summed E-state index contributed by atoms with van der Waals surface area (Å²) < 4.78 is 1.38. The van der Waals surface area contributed by atoms with E-state index in [1.807, 2.05) is 0 Å². The minimum Gasteiger partial charge on any atom is -0.396 e. The number of nitrogens with zero attached hydrogens (tertiary/aromatic N) is 4. The smallest absolute Gasteiger partial charge is 0.278 e. The molecule has 8 heteroatoms. The Kier molecular flexibility index (Phi) is 3.15. The average molecular weight is 267 g/mol. The van der Waals surface area contributed by atoms with Gasteiger partial charge in [0.1, 0.15) is 10.8 Å². The summed E-state index contributed by atoms with van der Waals surface area (Å²) in [4.78, 5) is 19.9. The topological polar surface area (TPSA) is 98.7 Å². The third-order valence-corrected chi connectivity index (χ3v) is 2.42. The van der Waals surface area contributed by atoms with Crippen LogP contribution in [0.3, 0.4) is 0 Å². The van der Waals surface area contributed by atoms with Crippen LogP contribution in [-0.4, -0.2) is 25.7 Å². The number of hydrogen-bond acceptors (Lipinski definition) is 5. The number of amides is 1. The monoisotopic (exact) mass is 266 g/mol. The molecule has 3 N–H and O–H groups in total. The van der Waals surface area contributed by atoms with E-state index in [1.54, 1.807) is 20.0 Å². The van der Waals surface area contributed by atoms with Gasteiger partial charge in [0.25, 0.3) is 5.91 Å². The third kappa shape index (κ3) is 2.40. The second-order valence-electron chi connectivity index (χ2n) is 3.68. The van der Waals surface area contributed by atoms with Crippen LogP contribution in [0.5, 0.6) is 0 Å². The Bertz CT molecular complexity index is 569. The number of aromatic nitrogens is 4. The van der Waals surface area contributed by atoms with Crippen LogP contribution in [0.1, 0.15) is 16.2 Å². The molecule has 0 saturated heterocycles. The summed E-state index contributed by atoms with van der Waals surface area (Å²) in [5.41, 5.74) is 6.83. The Morgan fingerprint density at radius 3 is 2.78 bits per heavy atom. The van der Waals surface area contributed by atoms with Crippen molar-refractivity contribution in [3.8, 4) is 0 Å². The Labute approximate surface area is 108 Å². The van der Waals surface area contributed by atoms with Crippen molar-refractivity contribution in [3.05, 3.63) is 28.8 Å². The molecule has 0 saturated carbocycles. The van der Waals surface area contributed by atoms with Crippen molar-refractivity contribution >= 4 is 29.1 Å². The van der Waals surface area contributed by atoms with Gasteiger partial charge in [-0.2, -0.15) is 5.10 Å². The van der Waals surface area contributed by atoms with Gasteiger partial charge in [0.05, 0.1) is 11.9 Å². The van der Waals surface area contributed by atoms with Crippen LogP contribution in [0.2, 0.25) is 5.15 Å². The molecule has 18 heavy (non-hydrogen) atoms. The predicted octanol–water partition coefficient (Wildman–Crippen LogP) is 1.01. The molecule has 0 atom stereocenters. The summed E-state index contributed by atoms with van der Waals surface area (Å²) in [7, 11) is 1.62. The summed E-state index contributed by atoms with van der Waals surface area (Å²) in [5, 5.41) is 6.66. The first kappa shape index (κ1) is 12.3. The Balaban J connectivity index is 2.27. The minimum atomic E-state index is -0.436. The highest BCUT2D eigenvalue weighted by molar-refractivity contribution is 6.29. The van der Waals surface area contributed by atoms with E-state index in [0.717, 1.165) is 0 Å². The third-order valence-electron chi connectivity index (χ3n) is 2.23. The van der Waals surface area contributed by atoms with Gasteiger partial charge in [0.15, 0.2) is 0 Å². The summed E-state index contributed by atoms with van der Waals surface area (Å²) in [5.74, 6) is -0.306. The van der Waals surface area contributed by atoms with E-state index >= 15 is 0 Å². The van der Waals surface area contributed by atoms with Crippen LogP contribution >= 0.6 is 11.6 Å². The number of nitrogen functional groups attached to an aromatic ring is 1. The summed E-state index contributed by atoms with van der Waals surface area (Å²) >= 11 is 5.78. The average Bonchev–Trinajstić information content (AvgIpc) is 2.56. The number of halogens is 1. The fraction of sp³-hybridized carbons (Fsp3) is 0.200. The van der Waals surface area contributed by atoms with Crippen LogP contribution in [0.15, 0.2) is 12.3 Å². The van der Waals surface area contributed by atoms with Gasteiger partial charge >= 0.3 is 0 Å². The second kappa shape index (κ2) is 4.61. The molecule has 0 bridgehead atoms. The highest BCUT2D eigenvalue weighted by atomic mass is 35.5. The van der Waals surface area contributed by atoms with E-state index in [9.17, 15) is 4.79 Å². The number of nitrogens with two attached hydrogens (primary N) is 1. The molecular formula is C10H11ClN6O. The maximum absolute atomic E-state index is 12.0. The number of carbonyl (C=O) groups is 1. The first-order valence-corrected chi connectivity index (χ1v) is 5.45. The van der Waals surface area contributed by atoms with E-state index in [4.69, 9.17) is 17.3 Å². The predicted molar refractivity (Wildman–Crippen MR) is 67.4 cm³/mol. The van der Waals surface area contributed by atoms with E-state index in [1.165, 1.54) is 10.9 Å². The van der Waals surface area contributed by atoms with Crippen molar-refractivity contribution in [1.29, 1.82) is 0 Å². The normalized spacial score (nSPS) is 10.4. The molecule has 2 heterocycles. The summed E-state index contributed by atoms with van der Waals surface area (Å²) in [6, 6.07) is 1.59. The van der Waals surface area contributed by atoms with Crippen LogP contribution in [0, 0.1) is 6.92 Å². The van der Waals surface area contributed by atoms with Crippen LogP contribution in [0.4, 0.5) is 11.6 Å². The lowest BCUT2D eigenvalue weighted by Gasteiger charge is -2.05. The van der Waals surface area contributed by atoms with E-state index in [-0.39, 0.29) is 22.5 Å². The van der Waals surface area contributed by atoms with E-state index in [2.05, 4.69) is 20.4 Å². The van der Waals surface area contributed by atoms with Crippen molar-refractivity contribution < 1.29 is 4.79 Å². The van der Waals surface area contributed by atoms with E-state index in [0.29, 0.717) is 5.69 Å². The number of nitrogens with one attached hydrogen (secondary N) is 1. The molecule has 94 valence electrons. The quantitative estimate of drug-likeness (QED) is 0.790. The molecule has 7 nitrogen and oxygen atoms in total. The molecular weight excluding hydrogens is 256 g/mol. The molecule has 0 aromatic carbocycles. The molecule has 0 radical (unpaired) electrons. The maximum atomic E-state index is 12.0. The van der Waals surface area contributed by atoms with Crippen molar-refractivity contribution in [3.63, 3.8) is 0 Å². The molecule has 0 fully saturated rings. The van der Waals surface area contributed by atoms with Crippen molar-refractivity contribution in [2.24, 2.45) is 7.05 Å². The van der Waals surface area contributed by atoms with Gasteiger partial charge < -0.3 is 5.73 Å². The van der Waals surface area contributed by atoms with Crippen molar-refractivity contribution in [2.75, 3.05) is 11.1 Å². The Morgan fingerprint density at radius 2 is 2.22 bits per heavy atom. The Morgan fingerprint density at radius 1 is 1.50 bits per heavy atom. The minimum absolute atomic E-state index is 0.130. The molecule has 0 spiro atoms. The van der Waals surface area contributed by atoms with Crippen LogP contribution in [-0.2, 0) is 7.05 Å². The zero-order chi connectivity index (χ0) is 13.3. The number of rotatable bonds is 2. The fourth-order valence-corrected chi connectivity index (χ4v) is 1.72. The highest BCUT2D eigenvalue weighted by Gasteiger charge is 2.16. The van der Waals surface area contributed by atoms with E-state index < -0.39 is 5.91 Å². The summed E-state index contributed by atoms with van der Waals surface area (Å²) in [6.07, 6.45) is 1.40. The zero-order valence-corrected chi connectivity index (χ0v) is 10.6. The van der Waals surface area contributed by atoms with Gasteiger partial charge in [-0.15, -0.1) is 0 Å².